The van der Waals surface area contributed by atoms with Crippen LogP contribution in [-0.2, 0) is 16.6 Å². The topological polar surface area (TPSA) is 64.0 Å². The fraction of sp³-hybridized carbons (Fsp3) is 0.250. The van der Waals surface area contributed by atoms with E-state index in [1.807, 2.05) is 6.92 Å². The van der Waals surface area contributed by atoms with Crippen molar-refractivity contribution in [3.8, 4) is 0 Å². The summed E-state index contributed by atoms with van der Waals surface area (Å²) in [5.41, 5.74) is 1.03. The molecular weight excluding hydrogens is 330 g/mol. The lowest BCUT2D eigenvalue weighted by atomic mass is 10.2. The van der Waals surface area contributed by atoms with Crippen molar-refractivity contribution in [2.24, 2.45) is 0 Å². The van der Waals surface area contributed by atoms with E-state index in [4.69, 9.17) is 0 Å². The van der Waals surface area contributed by atoms with Crippen molar-refractivity contribution in [3.05, 3.63) is 46.7 Å². The summed E-state index contributed by atoms with van der Waals surface area (Å²) in [5, 5.41) is 4.05. The molecule has 0 bridgehead atoms. The molecule has 5 nitrogen and oxygen atoms in total. The minimum absolute atomic E-state index is 0.278. The molecule has 0 fully saturated rings. The number of aryl methyl sites for hydroxylation is 1. The van der Waals surface area contributed by atoms with Crippen LogP contribution in [0.15, 0.2) is 46.0 Å². The van der Waals surface area contributed by atoms with Gasteiger partial charge >= 0.3 is 0 Å². The van der Waals surface area contributed by atoms with Crippen LogP contribution in [-0.4, -0.2) is 24.7 Å². The van der Waals surface area contributed by atoms with Crippen molar-refractivity contribution in [3.63, 3.8) is 0 Å². The fourth-order valence-corrected chi connectivity index (χ4v) is 2.90. The third kappa shape index (κ3) is 3.89. The molecule has 0 saturated heterocycles. The maximum Gasteiger partial charge on any atom is 0.240 e. The van der Waals surface area contributed by atoms with E-state index in [-0.39, 0.29) is 4.90 Å². The van der Waals surface area contributed by atoms with Gasteiger partial charge in [0.15, 0.2) is 0 Å². The van der Waals surface area contributed by atoms with Crippen LogP contribution in [0.1, 0.15) is 5.56 Å². The zero-order valence-corrected chi connectivity index (χ0v) is 12.8. The van der Waals surface area contributed by atoms with E-state index in [1.165, 1.54) is 0 Å². The number of rotatable bonds is 5. The van der Waals surface area contributed by atoms with E-state index in [2.05, 4.69) is 25.8 Å². The zero-order chi connectivity index (χ0) is 13.9. The first kappa shape index (κ1) is 14.2. The molecule has 0 radical (unpaired) electrons. The van der Waals surface area contributed by atoms with Crippen molar-refractivity contribution >= 4 is 26.0 Å². The first-order valence-corrected chi connectivity index (χ1v) is 7.99. The summed E-state index contributed by atoms with van der Waals surface area (Å²) in [4.78, 5) is 0.278. The summed E-state index contributed by atoms with van der Waals surface area (Å²) < 4.78 is 29.1. The molecule has 0 aliphatic rings. The molecule has 0 unspecified atom stereocenters. The molecule has 0 aliphatic heterocycles. The van der Waals surface area contributed by atoms with E-state index in [9.17, 15) is 8.42 Å². The van der Waals surface area contributed by atoms with E-state index in [0.29, 0.717) is 13.1 Å². The third-order valence-electron chi connectivity index (χ3n) is 2.57. The van der Waals surface area contributed by atoms with Crippen LogP contribution in [0.2, 0.25) is 0 Å². The molecule has 102 valence electrons. The molecule has 1 heterocycles. The van der Waals surface area contributed by atoms with Crippen LogP contribution in [0.4, 0.5) is 0 Å². The van der Waals surface area contributed by atoms with Crippen molar-refractivity contribution in [1.82, 2.24) is 14.5 Å². The predicted molar refractivity (Wildman–Crippen MR) is 76.3 cm³/mol. The highest BCUT2D eigenvalue weighted by Gasteiger charge is 2.12. The van der Waals surface area contributed by atoms with Crippen molar-refractivity contribution in [2.75, 3.05) is 6.54 Å². The maximum atomic E-state index is 12.0. The molecule has 1 N–H and O–H groups in total. The van der Waals surface area contributed by atoms with Crippen LogP contribution >= 0.6 is 15.9 Å². The highest BCUT2D eigenvalue weighted by atomic mass is 79.9. The Kier molecular flexibility index (Phi) is 4.38. The summed E-state index contributed by atoms with van der Waals surface area (Å²) >= 11 is 3.29. The van der Waals surface area contributed by atoms with Crippen molar-refractivity contribution in [1.29, 1.82) is 0 Å². The van der Waals surface area contributed by atoms with Crippen LogP contribution in [0.3, 0.4) is 0 Å². The first-order chi connectivity index (χ1) is 8.97. The van der Waals surface area contributed by atoms with Gasteiger partial charge in [0.2, 0.25) is 10.0 Å². The minimum Gasteiger partial charge on any atom is -0.270 e. The van der Waals surface area contributed by atoms with Crippen molar-refractivity contribution < 1.29 is 8.42 Å². The number of aromatic nitrogens is 2. The van der Waals surface area contributed by atoms with Crippen LogP contribution in [0.25, 0.3) is 0 Å². The molecule has 7 heteroatoms. The average molecular weight is 344 g/mol. The van der Waals surface area contributed by atoms with Gasteiger partial charge in [-0.1, -0.05) is 17.7 Å². The summed E-state index contributed by atoms with van der Waals surface area (Å²) in [6.45, 7) is 2.69. The minimum atomic E-state index is -3.44. The highest BCUT2D eigenvalue weighted by molar-refractivity contribution is 9.10. The van der Waals surface area contributed by atoms with Gasteiger partial charge in [-0.2, -0.15) is 5.10 Å². The Labute approximate surface area is 120 Å². The molecular formula is C12H14BrN3O2S. The number of sulfonamides is 1. The quantitative estimate of drug-likeness (QED) is 0.902. The molecule has 1 aromatic carbocycles. The van der Waals surface area contributed by atoms with Crippen LogP contribution in [0.5, 0.6) is 0 Å². The molecule has 19 heavy (non-hydrogen) atoms. The Bertz CT molecular complexity index is 650. The number of hydrogen-bond acceptors (Lipinski definition) is 3. The van der Waals surface area contributed by atoms with Crippen molar-refractivity contribution in [2.45, 2.75) is 18.4 Å². The van der Waals surface area contributed by atoms with E-state index < -0.39 is 10.0 Å². The van der Waals surface area contributed by atoms with E-state index in [1.54, 1.807) is 41.3 Å². The third-order valence-corrected chi connectivity index (χ3v) is 4.45. The molecule has 2 aromatic rings. The largest absolute Gasteiger partial charge is 0.270 e. The lowest BCUT2D eigenvalue weighted by molar-refractivity contribution is 0.561. The molecule has 0 saturated carbocycles. The Morgan fingerprint density at radius 1 is 1.32 bits per heavy atom. The molecule has 0 atom stereocenters. The van der Waals surface area contributed by atoms with Gasteiger partial charge in [0.05, 0.1) is 22.1 Å². The second kappa shape index (κ2) is 5.85. The lowest BCUT2D eigenvalue weighted by Crippen LogP contribution is -2.27. The van der Waals surface area contributed by atoms with Gasteiger partial charge in [-0.3, -0.25) is 4.68 Å². The number of halogens is 1. The normalized spacial score (nSPS) is 11.7. The average Bonchev–Trinajstić information content (AvgIpc) is 2.75. The molecule has 0 amide bonds. The van der Waals surface area contributed by atoms with Gasteiger partial charge in [0, 0.05) is 12.7 Å². The predicted octanol–water partition coefficient (Wildman–Crippen LogP) is 1.93. The maximum absolute atomic E-state index is 12.0. The van der Waals surface area contributed by atoms with Gasteiger partial charge in [-0.25, -0.2) is 13.1 Å². The number of nitrogens with one attached hydrogen (secondary N) is 1. The summed E-state index contributed by atoms with van der Waals surface area (Å²) in [6.07, 6.45) is 3.45. The monoisotopic (exact) mass is 343 g/mol. The van der Waals surface area contributed by atoms with Gasteiger partial charge in [-0.05, 0) is 35.0 Å². The van der Waals surface area contributed by atoms with E-state index >= 15 is 0 Å². The standard InChI is InChI=1S/C12H14BrN3O2S/c1-10-2-4-12(5-3-10)19(17,18)15-6-7-16-9-11(13)8-14-16/h2-5,8-9,15H,6-7H2,1H3. The Balaban J connectivity index is 1.96. The second-order valence-corrected chi connectivity index (χ2v) is 6.82. The van der Waals surface area contributed by atoms with Crippen LogP contribution < -0.4 is 4.72 Å². The highest BCUT2D eigenvalue weighted by Crippen LogP contribution is 2.10. The Morgan fingerprint density at radius 2 is 2.00 bits per heavy atom. The van der Waals surface area contributed by atoms with Gasteiger partial charge in [0.25, 0.3) is 0 Å². The number of benzene rings is 1. The van der Waals surface area contributed by atoms with Gasteiger partial charge in [0.1, 0.15) is 0 Å². The zero-order valence-electron chi connectivity index (χ0n) is 10.4. The summed E-state index contributed by atoms with van der Waals surface area (Å²) in [7, 11) is -3.44. The molecule has 2 rings (SSSR count). The van der Waals surface area contributed by atoms with Gasteiger partial charge < -0.3 is 0 Å². The molecule has 1 aromatic heterocycles. The number of nitrogens with zero attached hydrogens (tertiary/aromatic N) is 2. The van der Waals surface area contributed by atoms with Crippen LogP contribution in [0, 0.1) is 6.92 Å². The molecule has 0 spiro atoms. The van der Waals surface area contributed by atoms with Gasteiger partial charge in [-0.15, -0.1) is 0 Å². The summed E-state index contributed by atoms with van der Waals surface area (Å²) in [5.74, 6) is 0. The number of hydrogen-bond donors (Lipinski definition) is 1. The van der Waals surface area contributed by atoms with E-state index in [0.717, 1.165) is 10.0 Å². The summed E-state index contributed by atoms with van der Waals surface area (Å²) in [6, 6.07) is 6.75. The Morgan fingerprint density at radius 3 is 2.58 bits per heavy atom. The second-order valence-electron chi connectivity index (χ2n) is 4.13. The first-order valence-electron chi connectivity index (χ1n) is 5.72. The lowest BCUT2D eigenvalue weighted by Gasteiger charge is -2.07. The SMILES string of the molecule is Cc1ccc(S(=O)(=O)NCCn2cc(Br)cn2)cc1. The Hall–Kier alpha value is -1.18. The smallest absolute Gasteiger partial charge is 0.240 e. The fourth-order valence-electron chi connectivity index (χ4n) is 1.56. The molecule has 0 aliphatic carbocycles.